The second kappa shape index (κ2) is 18.4. The number of nitrogens with one attached hydrogen (secondary N) is 1. The van der Waals surface area contributed by atoms with Crippen LogP contribution in [0.2, 0.25) is 0 Å². The van der Waals surface area contributed by atoms with Gasteiger partial charge in [0.2, 0.25) is 5.69 Å². The summed E-state index contributed by atoms with van der Waals surface area (Å²) in [6.07, 6.45) is 4.24. The molecule has 0 fully saturated rings. The van der Waals surface area contributed by atoms with Crippen molar-refractivity contribution < 1.29 is 4.58 Å². The molecule has 0 saturated heterocycles. The van der Waals surface area contributed by atoms with Crippen molar-refractivity contribution in [3.05, 3.63) is 289 Å². The third kappa shape index (κ3) is 8.41. The van der Waals surface area contributed by atoms with Crippen LogP contribution in [0.4, 0.5) is 5.69 Å². The maximum Gasteiger partial charge on any atom is 0.205 e. The van der Waals surface area contributed by atoms with Gasteiger partial charge in [0.05, 0.1) is 5.71 Å². The molecule has 2 heteroatoms. The molecule has 1 N–H and O–H groups in total. The van der Waals surface area contributed by atoms with E-state index >= 15 is 0 Å². The van der Waals surface area contributed by atoms with E-state index in [9.17, 15) is 0 Å². The van der Waals surface area contributed by atoms with E-state index in [2.05, 4.69) is 229 Å². The number of allylic oxidation sites excluding steroid dienone is 1. The molecule has 0 unspecified atom stereocenters. The van der Waals surface area contributed by atoms with E-state index in [4.69, 9.17) is 5.41 Å². The molecule has 0 radical (unpaired) electrons. The van der Waals surface area contributed by atoms with E-state index in [0.717, 1.165) is 45.6 Å². The first kappa shape index (κ1) is 41.0. The standard InChI is InChI=1S/C65H47N2/c66-65(52-22-8-3-9-23-52)43-64(48-19-6-2-7-20-48)51-33-31-49(32-34-51)56-39-41-62(60-29-14-12-27-58(56)60)63-42-40-57(59-28-13-15-30-61(59)63)50-35-37-54(38-36-50)67(44-46-17-4-1-5-18-46)45-53-25-16-24-47-21-10-11-26-55(47)53/h1-44,66H,45H2/q+1/b64-43-,66-65?,67-44?. The second-order valence-corrected chi connectivity index (χ2v) is 17.0. The first-order chi connectivity index (χ1) is 33.1. The zero-order valence-electron chi connectivity index (χ0n) is 37.1. The predicted octanol–water partition coefficient (Wildman–Crippen LogP) is 16.6. The van der Waals surface area contributed by atoms with Crippen LogP contribution in [0.15, 0.2) is 261 Å². The van der Waals surface area contributed by atoms with Crippen molar-refractivity contribution in [2.45, 2.75) is 6.54 Å². The van der Waals surface area contributed by atoms with Crippen LogP contribution < -0.4 is 0 Å². The predicted molar refractivity (Wildman–Crippen MR) is 284 cm³/mol. The molecule has 11 aromatic rings. The third-order valence-corrected chi connectivity index (χ3v) is 12.9. The largest absolute Gasteiger partial charge is 0.300 e. The van der Waals surface area contributed by atoms with Gasteiger partial charge in [0.25, 0.3) is 0 Å². The fraction of sp³-hybridized carbons (Fsp3) is 0.0154. The smallest absolute Gasteiger partial charge is 0.205 e. The topological polar surface area (TPSA) is 26.9 Å². The second-order valence-electron chi connectivity index (χ2n) is 17.0. The average molecular weight is 856 g/mol. The molecule has 2 nitrogen and oxygen atoms in total. The van der Waals surface area contributed by atoms with Crippen molar-refractivity contribution in [3.8, 4) is 33.4 Å². The SMILES string of the molecule is N=C(/C=C(/c1ccccc1)c1ccc(-c2ccc(-c3ccc(-c4ccc([N+](=Cc5ccccc5)Cc5cccc6ccccc56)cc4)c4ccccc34)c3ccccc23)cc1)c1ccccc1. The van der Waals surface area contributed by atoms with Crippen molar-refractivity contribution in [3.63, 3.8) is 0 Å². The molecule has 316 valence electrons. The Morgan fingerprint density at radius 2 is 0.791 bits per heavy atom. The van der Waals surface area contributed by atoms with E-state index < -0.39 is 0 Å². The molecule has 0 amide bonds. The van der Waals surface area contributed by atoms with E-state index in [1.54, 1.807) is 0 Å². The molecule has 0 aliphatic heterocycles. The number of benzene rings is 11. The first-order valence-electron chi connectivity index (χ1n) is 22.9. The molecule has 0 atom stereocenters. The number of nitrogens with zero attached hydrogens (tertiary/aromatic N) is 1. The molecule has 0 aliphatic rings. The average Bonchev–Trinajstić information content (AvgIpc) is 3.40. The highest BCUT2D eigenvalue weighted by Crippen LogP contribution is 2.41. The summed E-state index contributed by atoms with van der Waals surface area (Å²) < 4.78 is 2.37. The van der Waals surface area contributed by atoms with Gasteiger partial charge in [-0.1, -0.05) is 218 Å². The number of hydrogen-bond acceptors (Lipinski definition) is 1. The van der Waals surface area contributed by atoms with Gasteiger partial charge >= 0.3 is 0 Å². The molecule has 67 heavy (non-hydrogen) atoms. The molecule has 0 aromatic heterocycles. The summed E-state index contributed by atoms with van der Waals surface area (Å²) in [5.41, 5.74) is 15.3. The van der Waals surface area contributed by atoms with Crippen LogP contribution in [0.1, 0.15) is 27.8 Å². The lowest BCUT2D eigenvalue weighted by Gasteiger charge is -2.16. The summed E-state index contributed by atoms with van der Waals surface area (Å²) in [5.74, 6) is 0. The van der Waals surface area contributed by atoms with E-state index in [1.807, 2.05) is 42.5 Å². The van der Waals surface area contributed by atoms with Crippen LogP contribution in [0.3, 0.4) is 0 Å². The minimum atomic E-state index is 0.483. The maximum atomic E-state index is 8.95. The van der Waals surface area contributed by atoms with E-state index in [0.29, 0.717) is 5.71 Å². The van der Waals surface area contributed by atoms with Gasteiger partial charge < -0.3 is 5.41 Å². The van der Waals surface area contributed by atoms with Crippen molar-refractivity contribution >= 4 is 55.5 Å². The van der Waals surface area contributed by atoms with Crippen LogP contribution in [-0.4, -0.2) is 16.5 Å². The Morgan fingerprint density at radius 1 is 0.358 bits per heavy atom. The molecule has 0 spiro atoms. The molecule has 11 rings (SSSR count). The third-order valence-electron chi connectivity index (χ3n) is 12.9. The summed E-state index contributed by atoms with van der Waals surface area (Å²) in [5, 5.41) is 16.4. The number of hydrogen-bond donors (Lipinski definition) is 1. The zero-order valence-corrected chi connectivity index (χ0v) is 37.1. The normalized spacial score (nSPS) is 11.9. The fourth-order valence-electron chi connectivity index (χ4n) is 9.57. The van der Waals surface area contributed by atoms with Gasteiger partial charge in [-0.15, -0.1) is 0 Å². The van der Waals surface area contributed by atoms with Gasteiger partial charge in [0.15, 0.2) is 12.8 Å². The lowest BCUT2D eigenvalue weighted by molar-refractivity contribution is -0.452. The highest BCUT2D eigenvalue weighted by Gasteiger charge is 2.17. The van der Waals surface area contributed by atoms with Crippen molar-refractivity contribution in [2.75, 3.05) is 0 Å². The summed E-state index contributed by atoms with van der Waals surface area (Å²) in [6.45, 7) is 0.749. The highest BCUT2D eigenvalue weighted by atomic mass is 15.0. The van der Waals surface area contributed by atoms with Crippen LogP contribution in [-0.2, 0) is 6.54 Å². The van der Waals surface area contributed by atoms with Crippen molar-refractivity contribution in [1.82, 2.24) is 0 Å². The van der Waals surface area contributed by atoms with Crippen LogP contribution in [0.25, 0.3) is 71.3 Å². The van der Waals surface area contributed by atoms with Crippen molar-refractivity contribution in [1.29, 1.82) is 5.41 Å². The summed E-state index contributed by atoms with van der Waals surface area (Å²) in [4.78, 5) is 0. The summed E-state index contributed by atoms with van der Waals surface area (Å²) >= 11 is 0. The van der Waals surface area contributed by atoms with E-state index in [-0.39, 0.29) is 0 Å². The first-order valence-corrected chi connectivity index (χ1v) is 22.9. The Balaban J connectivity index is 0.930. The molecule has 0 saturated carbocycles. The van der Waals surface area contributed by atoms with Crippen molar-refractivity contribution in [2.24, 2.45) is 0 Å². The molecular formula is C65H47N2+. The number of rotatable bonds is 11. The van der Waals surface area contributed by atoms with E-state index in [1.165, 1.54) is 65.7 Å². The molecule has 0 aliphatic carbocycles. The molecule has 0 bridgehead atoms. The molecular weight excluding hydrogens is 809 g/mol. The van der Waals surface area contributed by atoms with Crippen LogP contribution in [0.5, 0.6) is 0 Å². The molecule has 0 heterocycles. The van der Waals surface area contributed by atoms with Gasteiger partial charge in [0, 0.05) is 23.3 Å². The zero-order chi connectivity index (χ0) is 44.9. The van der Waals surface area contributed by atoms with Gasteiger partial charge in [-0.3, -0.25) is 0 Å². The molecule has 11 aromatic carbocycles. The minimum absolute atomic E-state index is 0.483. The lowest BCUT2D eigenvalue weighted by Crippen LogP contribution is -2.08. The van der Waals surface area contributed by atoms with Gasteiger partial charge in [-0.05, 0) is 118 Å². The van der Waals surface area contributed by atoms with Crippen LogP contribution in [0, 0.1) is 5.41 Å². The van der Waals surface area contributed by atoms with Gasteiger partial charge in [-0.2, -0.15) is 4.58 Å². The lowest BCUT2D eigenvalue weighted by atomic mass is 9.87. The maximum absolute atomic E-state index is 8.95. The Bertz CT molecular complexity index is 3620. The summed E-state index contributed by atoms with van der Waals surface area (Å²) in [6, 6.07) is 90.8. The van der Waals surface area contributed by atoms with Crippen LogP contribution >= 0.6 is 0 Å². The quantitative estimate of drug-likeness (QED) is 0.0991. The number of fused-ring (bicyclic) bond motifs is 3. The highest BCUT2D eigenvalue weighted by molar-refractivity contribution is 6.13. The fourth-order valence-corrected chi connectivity index (χ4v) is 9.57. The monoisotopic (exact) mass is 855 g/mol. The van der Waals surface area contributed by atoms with Gasteiger partial charge in [0.1, 0.15) is 0 Å². The Labute approximate surface area is 392 Å². The Kier molecular flexibility index (Phi) is 11.3. The Hall–Kier alpha value is -8.72. The Morgan fingerprint density at radius 3 is 1.37 bits per heavy atom. The summed E-state index contributed by atoms with van der Waals surface area (Å²) in [7, 11) is 0. The van der Waals surface area contributed by atoms with Gasteiger partial charge in [-0.25, -0.2) is 0 Å². The minimum Gasteiger partial charge on any atom is -0.300 e.